The number of piperidine rings is 1. The molecule has 1 aromatic heterocycles. The van der Waals surface area contributed by atoms with E-state index in [0.29, 0.717) is 43.2 Å². The van der Waals surface area contributed by atoms with E-state index in [1.165, 1.54) is 21.7 Å². The third-order valence-corrected chi connectivity index (χ3v) is 8.77. The van der Waals surface area contributed by atoms with Gasteiger partial charge in [-0.1, -0.05) is 6.07 Å². The van der Waals surface area contributed by atoms with Gasteiger partial charge < -0.3 is 15.0 Å². The van der Waals surface area contributed by atoms with Gasteiger partial charge in [-0.25, -0.2) is 8.42 Å². The van der Waals surface area contributed by atoms with Gasteiger partial charge in [0.25, 0.3) is 5.91 Å². The third kappa shape index (κ3) is 5.07. The molecule has 0 radical (unpaired) electrons. The fourth-order valence-electron chi connectivity index (χ4n) is 4.34. The smallest absolute Gasteiger partial charge is 0.264 e. The van der Waals surface area contributed by atoms with Gasteiger partial charge in [-0.05, 0) is 68.7 Å². The summed E-state index contributed by atoms with van der Waals surface area (Å²) in [6, 6.07) is 7.67. The molecule has 2 aliphatic heterocycles. The molecule has 4 rings (SSSR count). The zero-order valence-electron chi connectivity index (χ0n) is 18.7. The van der Waals surface area contributed by atoms with Crippen LogP contribution in [0.3, 0.4) is 0 Å². The molecule has 10 heteroatoms. The minimum absolute atomic E-state index is 0.0548. The minimum atomic E-state index is -3.73. The monoisotopic (exact) mass is 491 g/mol. The number of thiophene rings is 1. The highest BCUT2D eigenvalue weighted by Crippen LogP contribution is 2.32. The minimum Gasteiger partial charge on any atom is -0.492 e. The quantitative estimate of drug-likeness (QED) is 0.639. The molecular formula is C23H29N3O5S2. The van der Waals surface area contributed by atoms with E-state index >= 15 is 0 Å². The lowest BCUT2D eigenvalue weighted by Gasteiger charge is -2.34. The lowest BCUT2D eigenvalue weighted by atomic mass is 10.0. The number of amides is 2. The molecule has 2 fully saturated rings. The van der Waals surface area contributed by atoms with Gasteiger partial charge in [-0.3, -0.25) is 9.59 Å². The molecule has 8 nitrogen and oxygen atoms in total. The van der Waals surface area contributed by atoms with Crippen LogP contribution in [0, 0.1) is 0 Å². The Morgan fingerprint density at radius 3 is 2.58 bits per heavy atom. The fourth-order valence-corrected chi connectivity index (χ4v) is 6.70. The average molecular weight is 492 g/mol. The largest absolute Gasteiger partial charge is 0.492 e. The van der Waals surface area contributed by atoms with Crippen molar-refractivity contribution < 1.29 is 22.7 Å². The maximum absolute atomic E-state index is 13.2. The molecule has 2 aromatic rings. The normalized spacial score (nSPS) is 19.4. The van der Waals surface area contributed by atoms with Crippen LogP contribution in [0.4, 0.5) is 5.69 Å². The molecule has 1 N–H and O–H groups in total. The van der Waals surface area contributed by atoms with E-state index in [0.717, 1.165) is 25.7 Å². The van der Waals surface area contributed by atoms with Crippen LogP contribution in [0.1, 0.15) is 48.7 Å². The molecule has 2 saturated heterocycles. The molecule has 0 aliphatic carbocycles. The van der Waals surface area contributed by atoms with Gasteiger partial charge in [-0.2, -0.15) is 4.31 Å². The molecule has 0 spiro atoms. The van der Waals surface area contributed by atoms with Crippen LogP contribution in [-0.4, -0.2) is 61.7 Å². The van der Waals surface area contributed by atoms with Gasteiger partial charge in [0.15, 0.2) is 0 Å². The second-order valence-corrected chi connectivity index (χ2v) is 11.0. The van der Waals surface area contributed by atoms with Crippen molar-refractivity contribution in [2.24, 2.45) is 0 Å². The third-order valence-electron chi connectivity index (χ3n) is 5.99. The van der Waals surface area contributed by atoms with Gasteiger partial charge >= 0.3 is 0 Å². The van der Waals surface area contributed by atoms with E-state index in [2.05, 4.69) is 5.32 Å². The molecule has 178 valence electrons. The number of benzene rings is 1. The molecule has 1 aromatic carbocycles. The number of carbonyl (C=O) groups is 2. The van der Waals surface area contributed by atoms with Crippen LogP contribution >= 0.6 is 11.3 Å². The van der Waals surface area contributed by atoms with Crippen LogP contribution in [-0.2, 0) is 14.8 Å². The van der Waals surface area contributed by atoms with E-state index < -0.39 is 16.1 Å². The highest BCUT2D eigenvalue weighted by Gasteiger charge is 2.34. The predicted molar refractivity (Wildman–Crippen MR) is 127 cm³/mol. The average Bonchev–Trinajstić information content (AvgIpc) is 3.54. The summed E-state index contributed by atoms with van der Waals surface area (Å²) in [7, 11) is -3.73. The maximum Gasteiger partial charge on any atom is 0.264 e. The number of hydrogen-bond acceptors (Lipinski definition) is 6. The SMILES string of the molecule is CCOc1ccc(NC(=O)C2CCCCN2C(=O)c2cccs2)cc1S(=O)(=O)N1CCCC1. The number of nitrogens with zero attached hydrogens (tertiary/aromatic N) is 2. The van der Waals surface area contributed by atoms with Crippen LogP contribution in [0.5, 0.6) is 5.75 Å². The standard InChI is InChI=1S/C23H29N3O5S2/c1-2-31-19-11-10-17(16-21(19)33(29,30)25-12-5-6-13-25)24-22(27)18-8-3-4-14-26(18)23(28)20-9-7-15-32-20/h7,9-11,15-16,18H,2-6,8,12-14H2,1H3,(H,24,27). The lowest BCUT2D eigenvalue weighted by Crippen LogP contribution is -2.49. The molecule has 1 unspecified atom stereocenters. The predicted octanol–water partition coefficient (Wildman–Crippen LogP) is 3.56. The van der Waals surface area contributed by atoms with E-state index in [1.807, 2.05) is 11.4 Å². The van der Waals surface area contributed by atoms with Gasteiger partial charge in [0.05, 0.1) is 11.5 Å². The van der Waals surface area contributed by atoms with Crippen molar-refractivity contribution >= 4 is 38.9 Å². The first kappa shape index (κ1) is 23.7. The lowest BCUT2D eigenvalue weighted by molar-refractivity contribution is -0.121. The molecule has 3 heterocycles. The number of nitrogens with one attached hydrogen (secondary N) is 1. The molecule has 2 aliphatic rings. The van der Waals surface area contributed by atoms with Crippen LogP contribution in [0.2, 0.25) is 0 Å². The summed E-state index contributed by atoms with van der Waals surface area (Å²) in [6.45, 7) is 3.60. The molecule has 1 atom stereocenters. The van der Waals surface area contributed by atoms with Crippen molar-refractivity contribution in [1.82, 2.24) is 9.21 Å². The van der Waals surface area contributed by atoms with E-state index in [-0.39, 0.29) is 22.5 Å². The van der Waals surface area contributed by atoms with E-state index in [1.54, 1.807) is 30.0 Å². The first-order valence-corrected chi connectivity index (χ1v) is 13.7. The van der Waals surface area contributed by atoms with Gasteiger partial charge in [0.2, 0.25) is 15.9 Å². The number of rotatable bonds is 7. The highest BCUT2D eigenvalue weighted by atomic mass is 32.2. The van der Waals surface area contributed by atoms with Crippen molar-refractivity contribution in [3.8, 4) is 5.75 Å². The van der Waals surface area contributed by atoms with Crippen molar-refractivity contribution in [2.75, 3.05) is 31.6 Å². The van der Waals surface area contributed by atoms with Crippen molar-refractivity contribution in [3.63, 3.8) is 0 Å². The number of anilines is 1. The number of carbonyl (C=O) groups excluding carboxylic acids is 2. The highest BCUT2D eigenvalue weighted by molar-refractivity contribution is 7.89. The zero-order valence-corrected chi connectivity index (χ0v) is 20.3. The Labute approximate surface area is 198 Å². The van der Waals surface area contributed by atoms with Crippen molar-refractivity contribution in [3.05, 3.63) is 40.6 Å². The molecular weight excluding hydrogens is 462 g/mol. The summed E-state index contributed by atoms with van der Waals surface area (Å²) in [5, 5.41) is 4.69. The first-order chi connectivity index (χ1) is 15.9. The second kappa shape index (κ2) is 10.2. The summed E-state index contributed by atoms with van der Waals surface area (Å²) in [5.41, 5.74) is 0.371. The van der Waals surface area contributed by atoms with E-state index in [4.69, 9.17) is 4.74 Å². The number of sulfonamides is 1. The van der Waals surface area contributed by atoms with Gasteiger partial charge in [0, 0.05) is 25.3 Å². The van der Waals surface area contributed by atoms with Crippen LogP contribution in [0.15, 0.2) is 40.6 Å². The molecule has 0 bridgehead atoms. The van der Waals surface area contributed by atoms with Crippen molar-refractivity contribution in [1.29, 1.82) is 0 Å². The molecule has 0 saturated carbocycles. The topological polar surface area (TPSA) is 96.0 Å². The Kier molecular flexibility index (Phi) is 7.35. The Morgan fingerprint density at radius 2 is 1.88 bits per heavy atom. The van der Waals surface area contributed by atoms with Crippen LogP contribution < -0.4 is 10.1 Å². The Morgan fingerprint density at radius 1 is 1.12 bits per heavy atom. The summed E-state index contributed by atoms with van der Waals surface area (Å²) >= 11 is 1.36. The molecule has 2 amide bonds. The van der Waals surface area contributed by atoms with Gasteiger partial charge in [-0.15, -0.1) is 11.3 Å². The number of hydrogen-bond donors (Lipinski definition) is 1. The Bertz CT molecular complexity index is 1100. The first-order valence-electron chi connectivity index (χ1n) is 11.3. The summed E-state index contributed by atoms with van der Waals surface area (Å²) in [6.07, 6.45) is 3.93. The second-order valence-electron chi connectivity index (χ2n) is 8.18. The summed E-state index contributed by atoms with van der Waals surface area (Å²) in [5.74, 6) is -0.184. The summed E-state index contributed by atoms with van der Waals surface area (Å²) in [4.78, 5) is 28.4. The fraction of sp³-hybridized carbons (Fsp3) is 0.478. The van der Waals surface area contributed by atoms with E-state index in [9.17, 15) is 18.0 Å². The summed E-state index contributed by atoms with van der Waals surface area (Å²) < 4.78 is 33.5. The van der Waals surface area contributed by atoms with Gasteiger partial charge in [0.1, 0.15) is 16.7 Å². The Balaban J connectivity index is 1.57. The maximum atomic E-state index is 13.2. The van der Waals surface area contributed by atoms with Crippen LogP contribution in [0.25, 0.3) is 0 Å². The molecule has 33 heavy (non-hydrogen) atoms. The zero-order chi connectivity index (χ0) is 23.4. The Hall–Kier alpha value is -2.43. The van der Waals surface area contributed by atoms with Crippen molar-refractivity contribution in [2.45, 2.75) is 50.0 Å². The number of ether oxygens (including phenoxy) is 1. The number of likely N-dealkylation sites (tertiary alicyclic amines) is 1.